The summed E-state index contributed by atoms with van der Waals surface area (Å²) in [5.74, 6) is 6.36. The van der Waals surface area contributed by atoms with Gasteiger partial charge in [0.05, 0.1) is 13.1 Å². The Morgan fingerprint density at radius 3 is 2.79 bits per heavy atom. The minimum atomic E-state index is 0.425. The number of hydrogen-bond acceptors (Lipinski definition) is 5. The van der Waals surface area contributed by atoms with E-state index < -0.39 is 0 Å². The quantitative estimate of drug-likeness (QED) is 0.529. The fourth-order valence-corrected chi connectivity index (χ4v) is 1.52. The van der Waals surface area contributed by atoms with Gasteiger partial charge in [-0.1, -0.05) is 17.7 Å². The lowest BCUT2D eigenvalue weighted by Gasteiger charge is -2.23. The standard InChI is InChI=1S/C8H10ClN5/c9-7-2-1-3-8(12-7)13-4-6(10)5-14(13)11/h1-3,10H,4-5,11H2. The number of halogens is 1. The van der Waals surface area contributed by atoms with E-state index in [1.165, 1.54) is 5.12 Å². The van der Waals surface area contributed by atoms with Crippen LogP contribution < -0.4 is 10.9 Å². The lowest BCUT2D eigenvalue weighted by molar-refractivity contribution is 0.330. The molecule has 74 valence electrons. The molecule has 0 amide bonds. The van der Waals surface area contributed by atoms with Crippen LogP contribution in [0.1, 0.15) is 0 Å². The fraction of sp³-hybridized carbons (Fsp3) is 0.250. The number of anilines is 1. The van der Waals surface area contributed by atoms with Crippen molar-refractivity contribution in [3.63, 3.8) is 0 Å². The van der Waals surface area contributed by atoms with Gasteiger partial charge in [-0.05, 0) is 12.1 Å². The Balaban J connectivity index is 2.27. The number of nitrogens with one attached hydrogen (secondary N) is 1. The lowest BCUT2D eigenvalue weighted by atomic mass is 10.4. The normalized spacial score (nSPS) is 17.9. The van der Waals surface area contributed by atoms with Gasteiger partial charge in [0, 0.05) is 5.71 Å². The predicted molar refractivity (Wildman–Crippen MR) is 55.2 cm³/mol. The van der Waals surface area contributed by atoms with E-state index in [1.807, 2.05) is 6.07 Å². The largest absolute Gasteiger partial charge is 0.306 e. The second kappa shape index (κ2) is 3.53. The van der Waals surface area contributed by atoms with Crippen LogP contribution in [-0.2, 0) is 0 Å². The van der Waals surface area contributed by atoms with Gasteiger partial charge in [-0.25, -0.2) is 4.98 Å². The van der Waals surface area contributed by atoms with Gasteiger partial charge < -0.3 is 5.41 Å². The lowest BCUT2D eigenvalue weighted by Crippen LogP contribution is -2.42. The van der Waals surface area contributed by atoms with Crippen molar-refractivity contribution in [2.45, 2.75) is 0 Å². The fourth-order valence-electron chi connectivity index (χ4n) is 1.36. The smallest absolute Gasteiger partial charge is 0.146 e. The first-order chi connectivity index (χ1) is 6.66. The SMILES string of the molecule is N=C1CN(N)N(c2cccc(Cl)n2)C1. The van der Waals surface area contributed by atoms with Gasteiger partial charge in [0.1, 0.15) is 11.0 Å². The monoisotopic (exact) mass is 211 g/mol. The first-order valence-corrected chi connectivity index (χ1v) is 4.53. The maximum Gasteiger partial charge on any atom is 0.146 e. The predicted octanol–water partition coefficient (Wildman–Crippen LogP) is 0.665. The van der Waals surface area contributed by atoms with E-state index in [-0.39, 0.29) is 0 Å². The Hall–Kier alpha value is -1.17. The summed E-state index contributed by atoms with van der Waals surface area (Å²) >= 11 is 5.76. The van der Waals surface area contributed by atoms with Crippen molar-refractivity contribution in [3.8, 4) is 0 Å². The van der Waals surface area contributed by atoms with Crippen LogP contribution in [0.3, 0.4) is 0 Å². The molecule has 1 aromatic heterocycles. The van der Waals surface area contributed by atoms with Gasteiger partial charge in [0.25, 0.3) is 0 Å². The highest BCUT2D eigenvalue weighted by atomic mass is 35.5. The number of rotatable bonds is 1. The van der Waals surface area contributed by atoms with Gasteiger partial charge in [0.2, 0.25) is 0 Å². The van der Waals surface area contributed by atoms with Crippen molar-refractivity contribution in [1.82, 2.24) is 10.1 Å². The molecule has 2 heterocycles. The molecule has 0 unspecified atom stereocenters. The second-order valence-electron chi connectivity index (χ2n) is 3.08. The van der Waals surface area contributed by atoms with E-state index in [1.54, 1.807) is 17.1 Å². The minimum Gasteiger partial charge on any atom is -0.306 e. The van der Waals surface area contributed by atoms with Crippen molar-refractivity contribution in [2.24, 2.45) is 5.84 Å². The molecule has 1 fully saturated rings. The zero-order valence-corrected chi connectivity index (χ0v) is 8.20. The molecule has 1 saturated heterocycles. The van der Waals surface area contributed by atoms with Gasteiger partial charge in [-0.2, -0.15) is 5.12 Å². The van der Waals surface area contributed by atoms with Gasteiger partial charge in [-0.3, -0.25) is 10.9 Å². The Kier molecular flexibility index (Phi) is 2.37. The Morgan fingerprint density at radius 2 is 2.21 bits per heavy atom. The van der Waals surface area contributed by atoms with Crippen LogP contribution >= 0.6 is 11.6 Å². The van der Waals surface area contributed by atoms with E-state index in [9.17, 15) is 0 Å². The first kappa shape index (κ1) is 9.39. The number of nitrogens with zero attached hydrogens (tertiary/aromatic N) is 3. The summed E-state index contributed by atoms with van der Waals surface area (Å²) in [5.41, 5.74) is 0.564. The number of hydrogen-bond donors (Lipinski definition) is 2. The first-order valence-electron chi connectivity index (χ1n) is 4.15. The molecule has 3 N–H and O–H groups in total. The Bertz CT molecular complexity index is 367. The van der Waals surface area contributed by atoms with Crippen molar-refractivity contribution in [3.05, 3.63) is 23.4 Å². The Labute approximate surface area is 86.5 Å². The van der Waals surface area contributed by atoms with E-state index >= 15 is 0 Å². The van der Waals surface area contributed by atoms with Gasteiger partial charge >= 0.3 is 0 Å². The highest BCUT2D eigenvalue weighted by Crippen LogP contribution is 2.17. The topological polar surface area (TPSA) is 69.2 Å². The molecule has 5 nitrogen and oxygen atoms in total. The molecule has 1 aliphatic rings. The molecular weight excluding hydrogens is 202 g/mol. The third kappa shape index (κ3) is 1.70. The summed E-state index contributed by atoms with van der Waals surface area (Å²) in [6, 6.07) is 5.32. The number of nitrogens with two attached hydrogens (primary N) is 1. The van der Waals surface area contributed by atoms with Crippen LogP contribution in [-0.4, -0.2) is 28.9 Å². The summed E-state index contributed by atoms with van der Waals surface area (Å²) in [4.78, 5) is 4.11. The van der Waals surface area contributed by atoms with Crippen LogP contribution in [0.5, 0.6) is 0 Å². The van der Waals surface area contributed by atoms with E-state index in [2.05, 4.69) is 4.98 Å². The number of aromatic nitrogens is 1. The maximum absolute atomic E-state index is 7.49. The molecule has 0 bridgehead atoms. The molecule has 1 aliphatic heterocycles. The van der Waals surface area contributed by atoms with Crippen LogP contribution in [0.2, 0.25) is 5.15 Å². The summed E-state index contributed by atoms with van der Waals surface area (Å²) < 4.78 is 0. The zero-order chi connectivity index (χ0) is 10.1. The number of pyridine rings is 1. The summed E-state index contributed by atoms with van der Waals surface area (Å²) in [5, 5.41) is 11.1. The van der Waals surface area contributed by atoms with Gasteiger partial charge in [0.15, 0.2) is 0 Å². The van der Waals surface area contributed by atoms with Crippen molar-refractivity contribution < 1.29 is 0 Å². The molecule has 0 aliphatic carbocycles. The Morgan fingerprint density at radius 1 is 1.43 bits per heavy atom. The molecule has 0 saturated carbocycles. The highest BCUT2D eigenvalue weighted by Gasteiger charge is 2.24. The van der Waals surface area contributed by atoms with Crippen LogP contribution in [0.25, 0.3) is 0 Å². The van der Waals surface area contributed by atoms with Crippen molar-refractivity contribution >= 4 is 23.1 Å². The van der Waals surface area contributed by atoms with Crippen LogP contribution in [0.4, 0.5) is 5.82 Å². The molecule has 0 spiro atoms. The van der Waals surface area contributed by atoms with Crippen molar-refractivity contribution in [2.75, 3.05) is 18.1 Å². The molecular formula is C8H10ClN5. The molecule has 6 heteroatoms. The van der Waals surface area contributed by atoms with Crippen LogP contribution in [0.15, 0.2) is 18.2 Å². The second-order valence-corrected chi connectivity index (χ2v) is 3.46. The van der Waals surface area contributed by atoms with E-state index in [0.29, 0.717) is 29.8 Å². The average molecular weight is 212 g/mol. The maximum atomic E-state index is 7.49. The van der Waals surface area contributed by atoms with Gasteiger partial charge in [-0.15, -0.1) is 0 Å². The van der Waals surface area contributed by atoms with Crippen molar-refractivity contribution in [1.29, 1.82) is 5.41 Å². The third-order valence-corrected chi connectivity index (χ3v) is 2.18. The average Bonchev–Trinajstić information content (AvgIpc) is 2.45. The minimum absolute atomic E-state index is 0.425. The van der Waals surface area contributed by atoms with Crippen LogP contribution in [0, 0.1) is 5.41 Å². The highest BCUT2D eigenvalue weighted by molar-refractivity contribution is 6.29. The molecule has 1 aromatic rings. The summed E-state index contributed by atoms with van der Waals surface area (Å²) in [6.07, 6.45) is 0. The third-order valence-electron chi connectivity index (χ3n) is 1.97. The summed E-state index contributed by atoms with van der Waals surface area (Å²) in [6.45, 7) is 0.915. The molecule has 0 atom stereocenters. The zero-order valence-electron chi connectivity index (χ0n) is 7.44. The number of hydrazine groups is 2. The molecule has 2 rings (SSSR count). The van der Waals surface area contributed by atoms with E-state index in [4.69, 9.17) is 22.9 Å². The van der Waals surface area contributed by atoms with E-state index in [0.717, 1.165) is 0 Å². The molecule has 14 heavy (non-hydrogen) atoms. The summed E-state index contributed by atoms with van der Waals surface area (Å²) in [7, 11) is 0. The molecule has 0 radical (unpaired) electrons. The molecule has 0 aromatic carbocycles.